The van der Waals surface area contributed by atoms with Crippen molar-refractivity contribution in [2.45, 2.75) is 0 Å². The maximum absolute atomic E-state index is 12.3. The number of hydrogen-bond acceptors (Lipinski definition) is 4. The van der Waals surface area contributed by atoms with Crippen LogP contribution in [0.5, 0.6) is 5.75 Å². The molecule has 1 aromatic carbocycles. The Labute approximate surface area is 150 Å². The van der Waals surface area contributed by atoms with Crippen LogP contribution in [0.2, 0.25) is 10.0 Å². The van der Waals surface area contributed by atoms with Gasteiger partial charge >= 0.3 is 0 Å². The zero-order valence-corrected chi connectivity index (χ0v) is 14.8. The predicted octanol–water partition coefficient (Wildman–Crippen LogP) is 2.45. The van der Waals surface area contributed by atoms with Crippen LogP contribution < -0.4 is 9.64 Å². The molecule has 128 valence electrons. The Bertz CT molecular complexity index is 727. The summed E-state index contributed by atoms with van der Waals surface area (Å²) in [5.41, 5.74) is 0. The van der Waals surface area contributed by atoms with Crippen LogP contribution in [0.15, 0.2) is 30.6 Å². The number of piperazine rings is 1. The number of benzene rings is 1. The van der Waals surface area contributed by atoms with Crippen LogP contribution >= 0.6 is 23.2 Å². The number of carbonyl (C=O) groups is 1. The second-order valence-electron chi connectivity index (χ2n) is 5.57. The smallest absolute Gasteiger partial charge is 0.260 e. The van der Waals surface area contributed by atoms with Crippen molar-refractivity contribution in [2.75, 3.05) is 37.7 Å². The lowest BCUT2D eigenvalue weighted by Gasteiger charge is -2.35. The quantitative estimate of drug-likeness (QED) is 0.831. The molecule has 0 unspecified atom stereocenters. The summed E-state index contributed by atoms with van der Waals surface area (Å²) in [5.74, 6) is 1.33. The minimum Gasteiger partial charge on any atom is -0.482 e. The van der Waals surface area contributed by atoms with Crippen LogP contribution in [0.25, 0.3) is 0 Å². The molecule has 1 aromatic heterocycles. The van der Waals surface area contributed by atoms with E-state index < -0.39 is 0 Å². The number of ether oxygens (including phenoxy) is 1. The number of rotatable bonds is 4. The Balaban J connectivity index is 1.51. The number of carbonyl (C=O) groups excluding carboxylic acids is 1. The number of nitrogens with zero attached hydrogens (tertiary/aromatic N) is 4. The molecule has 0 bridgehead atoms. The third-order valence-corrected chi connectivity index (χ3v) is 4.49. The molecule has 0 spiro atoms. The summed E-state index contributed by atoms with van der Waals surface area (Å²) >= 11 is 11.9. The largest absolute Gasteiger partial charge is 0.482 e. The lowest BCUT2D eigenvalue weighted by atomic mass is 10.3. The molecule has 2 heterocycles. The molecule has 0 N–H and O–H groups in total. The molecule has 0 aliphatic carbocycles. The Kier molecular flexibility index (Phi) is 5.16. The van der Waals surface area contributed by atoms with Gasteiger partial charge in [-0.2, -0.15) is 0 Å². The van der Waals surface area contributed by atoms with Crippen molar-refractivity contribution in [1.82, 2.24) is 14.5 Å². The molecule has 24 heavy (non-hydrogen) atoms. The first-order valence-electron chi connectivity index (χ1n) is 7.62. The molecular formula is C16H18Cl2N4O2. The van der Waals surface area contributed by atoms with Gasteiger partial charge in [-0.3, -0.25) is 4.79 Å². The molecule has 8 heteroatoms. The van der Waals surface area contributed by atoms with Crippen molar-refractivity contribution < 1.29 is 9.53 Å². The molecule has 0 saturated carbocycles. The van der Waals surface area contributed by atoms with E-state index in [9.17, 15) is 4.79 Å². The van der Waals surface area contributed by atoms with Gasteiger partial charge in [0.05, 0.1) is 5.02 Å². The van der Waals surface area contributed by atoms with Crippen molar-refractivity contribution in [3.63, 3.8) is 0 Å². The lowest BCUT2D eigenvalue weighted by molar-refractivity contribution is -0.133. The van der Waals surface area contributed by atoms with Crippen LogP contribution in [0, 0.1) is 0 Å². The van der Waals surface area contributed by atoms with Gasteiger partial charge in [0.15, 0.2) is 6.61 Å². The lowest BCUT2D eigenvalue weighted by Crippen LogP contribution is -2.50. The minimum atomic E-state index is -0.0551. The molecule has 1 fully saturated rings. The fraction of sp³-hybridized carbons (Fsp3) is 0.375. The number of hydrogen-bond donors (Lipinski definition) is 0. The minimum absolute atomic E-state index is 0.0379. The van der Waals surface area contributed by atoms with Crippen molar-refractivity contribution in [2.24, 2.45) is 7.05 Å². The van der Waals surface area contributed by atoms with Gasteiger partial charge in [-0.1, -0.05) is 23.2 Å². The van der Waals surface area contributed by atoms with Gasteiger partial charge in [-0.05, 0) is 18.2 Å². The number of aryl methyl sites for hydroxylation is 1. The Morgan fingerprint density at radius 2 is 2.00 bits per heavy atom. The monoisotopic (exact) mass is 368 g/mol. The third kappa shape index (κ3) is 3.76. The van der Waals surface area contributed by atoms with Crippen LogP contribution in [-0.4, -0.2) is 53.1 Å². The van der Waals surface area contributed by atoms with Crippen molar-refractivity contribution in [1.29, 1.82) is 0 Å². The van der Waals surface area contributed by atoms with E-state index in [1.807, 2.05) is 17.8 Å². The van der Waals surface area contributed by atoms with Crippen molar-refractivity contribution in [3.8, 4) is 5.75 Å². The van der Waals surface area contributed by atoms with E-state index >= 15 is 0 Å². The molecule has 1 saturated heterocycles. The van der Waals surface area contributed by atoms with E-state index in [2.05, 4.69) is 9.88 Å². The molecule has 0 radical (unpaired) electrons. The average Bonchev–Trinajstić information content (AvgIpc) is 3.00. The average molecular weight is 369 g/mol. The second-order valence-corrected chi connectivity index (χ2v) is 6.41. The highest BCUT2D eigenvalue weighted by molar-refractivity contribution is 6.35. The van der Waals surface area contributed by atoms with Crippen molar-refractivity contribution in [3.05, 3.63) is 40.6 Å². The second kappa shape index (κ2) is 7.32. The zero-order chi connectivity index (χ0) is 17.1. The number of anilines is 1. The van der Waals surface area contributed by atoms with Gasteiger partial charge in [-0.15, -0.1) is 0 Å². The molecule has 2 aromatic rings. The highest BCUT2D eigenvalue weighted by Crippen LogP contribution is 2.27. The number of imidazole rings is 1. The van der Waals surface area contributed by atoms with E-state index in [0.717, 1.165) is 19.0 Å². The van der Waals surface area contributed by atoms with E-state index in [1.165, 1.54) is 0 Å². The third-order valence-electron chi connectivity index (χ3n) is 3.96. The van der Waals surface area contributed by atoms with Gasteiger partial charge < -0.3 is 19.1 Å². The summed E-state index contributed by atoms with van der Waals surface area (Å²) in [6.07, 6.45) is 3.69. The van der Waals surface area contributed by atoms with E-state index in [0.29, 0.717) is 28.9 Å². The molecule has 1 aliphatic rings. The first kappa shape index (κ1) is 16.9. The Hall–Kier alpha value is -1.92. The fourth-order valence-electron chi connectivity index (χ4n) is 2.64. The summed E-state index contributed by atoms with van der Waals surface area (Å²) in [6, 6.07) is 4.93. The molecule has 1 aliphatic heterocycles. The van der Waals surface area contributed by atoms with Crippen LogP contribution in [0.1, 0.15) is 0 Å². The number of halogens is 2. The molecule has 1 amide bonds. The summed E-state index contributed by atoms with van der Waals surface area (Å²) in [7, 11) is 1.96. The van der Waals surface area contributed by atoms with Crippen LogP contribution in [-0.2, 0) is 11.8 Å². The van der Waals surface area contributed by atoms with Gasteiger partial charge in [0.2, 0.25) is 5.95 Å². The number of amides is 1. The standard InChI is InChI=1S/C16H18Cl2N4O2/c1-20-5-4-19-16(20)22-8-6-21(7-9-22)15(23)11-24-14-3-2-12(17)10-13(14)18/h2-5,10H,6-9,11H2,1H3. The van der Waals surface area contributed by atoms with E-state index in [4.69, 9.17) is 27.9 Å². The molecule has 3 rings (SSSR count). The van der Waals surface area contributed by atoms with Crippen LogP contribution in [0.3, 0.4) is 0 Å². The summed E-state index contributed by atoms with van der Waals surface area (Å²) in [5, 5.41) is 0.930. The summed E-state index contributed by atoms with van der Waals surface area (Å²) < 4.78 is 7.49. The highest BCUT2D eigenvalue weighted by Gasteiger charge is 2.23. The molecule has 0 atom stereocenters. The summed E-state index contributed by atoms with van der Waals surface area (Å²) in [4.78, 5) is 20.6. The Morgan fingerprint density at radius 1 is 1.25 bits per heavy atom. The predicted molar refractivity (Wildman–Crippen MR) is 94.0 cm³/mol. The van der Waals surface area contributed by atoms with Gasteiger partial charge in [0.25, 0.3) is 5.91 Å². The Morgan fingerprint density at radius 3 is 2.62 bits per heavy atom. The van der Waals surface area contributed by atoms with Crippen molar-refractivity contribution >= 4 is 35.1 Å². The normalized spacial score (nSPS) is 14.8. The molecule has 6 nitrogen and oxygen atoms in total. The van der Waals surface area contributed by atoms with E-state index in [-0.39, 0.29) is 12.5 Å². The topological polar surface area (TPSA) is 50.6 Å². The summed E-state index contributed by atoms with van der Waals surface area (Å²) in [6.45, 7) is 2.74. The van der Waals surface area contributed by atoms with Gasteiger partial charge in [0.1, 0.15) is 5.75 Å². The maximum Gasteiger partial charge on any atom is 0.260 e. The van der Waals surface area contributed by atoms with Gasteiger partial charge in [-0.25, -0.2) is 4.98 Å². The van der Waals surface area contributed by atoms with Crippen LogP contribution in [0.4, 0.5) is 5.95 Å². The maximum atomic E-state index is 12.3. The SMILES string of the molecule is Cn1ccnc1N1CCN(C(=O)COc2ccc(Cl)cc2Cl)CC1. The first-order chi connectivity index (χ1) is 11.5. The molecular weight excluding hydrogens is 351 g/mol. The first-order valence-corrected chi connectivity index (χ1v) is 8.38. The fourth-order valence-corrected chi connectivity index (χ4v) is 3.10. The number of aromatic nitrogens is 2. The van der Waals surface area contributed by atoms with Gasteiger partial charge in [0, 0.05) is 50.6 Å². The highest BCUT2D eigenvalue weighted by atomic mass is 35.5. The van der Waals surface area contributed by atoms with E-state index in [1.54, 1.807) is 29.3 Å². The zero-order valence-electron chi connectivity index (χ0n) is 13.3.